The first-order chi connectivity index (χ1) is 12.6. The Kier molecular flexibility index (Phi) is 5.02. The van der Waals surface area contributed by atoms with Crippen molar-refractivity contribution in [3.8, 4) is 0 Å². The summed E-state index contributed by atoms with van der Waals surface area (Å²) >= 11 is 3.51. The van der Waals surface area contributed by atoms with E-state index in [-0.39, 0.29) is 0 Å². The van der Waals surface area contributed by atoms with Crippen LogP contribution in [0.2, 0.25) is 0 Å². The second kappa shape index (κ2) is 7.43. The van der Waals surface area contributed by atoms with Gasteiger partial charge in [0.1, 0.15) is 0 Å². The van der Waals surface area contributed by atoms with Gasteiger partial charge in [-0.2, -0.15) is 5.10 Å². The Bertz CT molecular complexity index is 782. The molecule has 0 radical (unpaired) electrons. The summed E-state index contributed by atoms with van der Waals surface area (Å²) < 4.78 is 3.03. The largest absolute Gasteiger partial charge is 0.353 e. The highest BCUT2D eigenvalue weighted by Crippen LogP contribution is 2.41. The predicted molar refractivity (Wildman–Crippen MR) is 109 cm³/mol. The number of hydrogen-bond acceptors (Lipinski definition) is 2. The molecule has 2 fully saturated rings. The zero-order chi connectivity index (χ0) is 18.1. The van der Waals surface area contributed by atoms with E-state index in [4.69, 9.17) is 4.99 Å². The van der Waals surface area contributed by atoms with Gasteiger partial charge in [-0.15, -0.1) is 0 Å². The Morgan fingerprint density at radius 1 is 1.31 bits per heavy atom. The minimum atomic E-state index is 0.499. The van der Waals surface area contributed by atoms with Gasteiger partial charge in [-0.05, 0) is 43.0 Å². The van der Waals surface area contributed by atoms with Crippen LogP contribution in [0.15, 0.2) is 46.1 Å². The molecule has 2 aliphatic rings. The number of hydrogen-bond donors (Lipinski definition) is 1. The molecule has 0 spiro atoms. The number of aliphatic imine (C=N–C) groups is 1. The van der Waals surface area contributed by atoms with Crippen molar-refractivity contribution in [3.05, 3.63) is 52.3 Å². The number of rotatable bonds is 4. The third-order valence-corrected chi connectivity index (χ3v) is 5.92. The van der Waals surface area contributed by atoms with Crippen molar-refractivity contribution in [2.45, 2.75) is 37.6 Å². The number of guanidine groups is 1. The zero-order valence-corrected chi connectivity index (χ0v) is 17.0. The first-order valence-corrected chi connectivity index (χ1v) is 10.2. The van der Waals surface area contributed by atoms with Crippen LogP contribution in [0.25, 0.3) is 0 Å². The van der Waals surface area contributed by atoms with Crippen molar-refractivity contribution in [3.63, 3.8) is 0 Å². The molecule has 3 atom stereocenters. The lowest BCUT2D eigenvalue weighted by molar-refractivity contribution is 0.483. The Balaban J connectivity index is 1.38. The van der Waals surface area contributed by atoms with Crippen molar-refractivity contribution < 1.29 is 0 Å². The van der Waals surface area contributed by atoms with E-state index in [2.05, 4.69) is 68.6 Å². The number of nitrogens with zero attached hydrogens (tertiary/aromatic N) is 4. The molecular weight excluding hydrogens is 390 g/mol. The van der Waals surface area contributed by atoms with Crippen molar-refractivity contribution in [1.29, 1.82) is 0 Å². The van der Waals surface area contributed by atoms with E-state index < -0.39 is 0 Å². The molecule has 1 aromatic heterocycles. The van der Waals surface area contributed by atoms with Gasteiger partial charge in [0.15, 0.2) is 5.96 Å². The van der Waals surface area contributed by atoms with Crippen molar-refractivity contribution in [2.24, 2.45) is 12.0 Å². The maximum atomic E-state index is 4.76. The van der Waals surface area contributed by atoms with Gasteiger partial charge >= 0.3 is 0 Å². The highest BCUT2D eigenvalue weighted by molar-refractivity contribution is 9.10. The highest BCUT2D eigenvalue weighted by Gasteiger charge is 2.40. The summed E-state index contributed by atoms with van der Waals surface area (Å²) in [6.07, 6.45) is 6.49. The average molecular weight is 416 g/mol. The van der Waals surface area contributed by atoms with Gasteiger partial charge in [0.2, 0.25) is 0 Å². The Morgan fingerprint density at radius 2 is 2.12 bits per heavy atom. The molecule has 6 heteroatoms. The van der Waals surface area contributed by atoms with Crippen LogP contribution in [-0.2, 0) is 7.05 Å². The summed E-state index contributed by atoms with van der Waals surface area (Å²) in [4.78, 5) is 7.18. The number of aryl methyl sites for hydroxylation is 1. The monoisotopic (exact) mass is 415 g/mol. The molecule has 1 saturated heterocycles. The van der Waals surface area contributed by atoms with Gasteiger partial charge < -0.3 is 10.2 Å². The molecule has 1 N–H and O–H groups in total. The minimum Gasteiger partial charge on any atom is -0.353 e. The van der Waals surface area contributed by atoms with Gasteiger partial charge in [-0.1, -0.05) is 28.1 Å². The molecule has 0 amide bonds. The zero-order valence-electron chi connectivity index (χ0n) is 15.4. The number of halogens is 1. The quantitative estimate of drug-likeness (QED) is 0.613. The van der Waals surface area contributed by atoms with Crippen LogP contribution in [-0.4, -0.2) is 46.3 Å². The van der Waals surface area contributed by atoms with E-state index in [1.165, 1.54) is 17.5 Å². The predicted octanol–water partition coefficient (Wildman–Crippen LogP) is 3.49. The van der Waals surface area contributed by atoms with Crippen LogP contribution in [0, 0.1) is 0 Å². The van der Waals surface area contributed by atoms with E-state index in [9.17, 15) is 0 Å². The third-order valence-electron chi connectivity index (χ3n) is 5.40. The van der Waals surface area contributed by atoms with Gasteiger partial charge in [-0.3, -0.25) is 9.67 Å². The minimum absolute atomic E-state index is 0.499. The molecule has 5 nitrogen and oxygen atoms in total. The second-order valence-electron chi connectivity index (χ2n) is 7.32. The summed E-state index contributed by atoms with van der Waals surface area (Å²) in [6, 6.07) is 9.21. The van der Waals surface area contributed by atoms with E-state index >= 15 is 0 Å². The molecule has 2 aromatic rings. The Labute approximate surface area is 163 Å². The van der Waals surface area contributed by atoms with Crippen molar-refractivity contribution in [1.82, 2.24) is 20.0 Å². The van der Waals surface area contributed by atoms with Crippen molar-refractivity contribution >= 4 is 21.9 Å². The smallest absolute Gasteiger partial charge is 0.194 e. The van der Waals surface area contributed by atoms with E-state index in [0.717, 1.165) is 36.5 Å². The molecule has 1 aliphatic carbocycles. The van der Waals surface area contributed by atoms with Crippen LogP contribution < -0.4 is 5.32 Å². The summed E-state index contributed by atoms with van der Waals surface area (Å²) in [6.45, 7) is 5.00. The SMILES string of the molecule is CCN=C(NC1CC1c1ccc(Br)cc1)N1CCC(c2cnn(C)c2)C1. The standard InChI is InChI=1S/C20H26BrN5/c1-3-22-20(24-19-10-18(19)14-4-6-17(21)7-5-14)26-9-8-15(13-26)16-11-23-25(2)12-16/h4-7,11-12,15,18-19H,3,8-10,13H2,1-2H3,(H,22,24). The topological polar surface area (TPSA) is 45.5 Å². The molecule has 3 unspecified atom stereocenters. The molecular formula is C20H26BrN5. The maximum absolute atomic E-state index is 4.76. The van der Waals surface area contributed by atoms with Crippen LogP contribution in [0.1, 0.15) is 42.7 Å². The molecule has 1 aromatic carbocycles. The van der Waals surface area contributed by atoms with Crippen LogP contribution in [0.3, 0.4) is 0 Å². The van der Waals surface area contributed by atoms with Crippen molar-refractivity contribution in [2.75, 3.05) is 19.6 Å². The number of likely N-dealkylation sites (tertiary alicyclic amines) is 1. The van der Waals surface area contributed by atoms with Gasteiger partial charge in [0.05, 0.1) is 6.20 Å². The Hall–Kier alpha value is -1.82. The highest BCUT2D eigenvalue weighted by atomic mass is 79.9. The fourth-order valence-electron chi connectivity index (χ4n) is 3.86. The van der Waals surface area contributed by atoms with Gasteiger partial charge in [-0.25, -0.2) is 0 Å². The fourth-order valence-corrected chi connectivity index (χ4v) is 4.13. The average Bonchev–Trinajstić information content (AvgIpc) is 3.03. The summed E-state index contributed by atoms with van der Waals surface area (Å²) in [5, 5.41) is 8.04. The lowest BCUT2D eigenvalue weighted by Gasteiger charge is -2.22. The fraction of sp³-hybridized carbons (Fsp3) is 0.500. The number of aromatic nitrogens is 2. The molecule has 0 bridgehead atoms. The molecule has 26 heavy (non-hydrogen) atoms. The lowest BCUT2D eigenvalue weighted by Crippen LogP contribution is -2.41. The molecule has 1 aliphatic heterocycles. The third kappa shape index (κ3) is 3.80. The van der Waals surface area contributed by atoms with E-state index in [1.807, 2.05) is 17.9 Å². The summed E-state index contributed by atoms with van der Waals surface area (Å²) in [5.74, 6) is 2.22. The first-order valence-electron chi connectivity index (χ1n) is 9.44. The summed E-state index contributed by atoms with van der Waals surface area (Å²) in [7, 11) is 1.98. The molecule has 2 heterocycles. The van der Waals surface area contributed by atoms with Crippen LogP contribution in [0.4, 0.5) is 0 Å². The van der Waals surface area contributed by atoms with Crippen LogP contribution in [0.5, 0.6) is 0 Å². The van der Waals surface area contributed by atoms with Gasteiger partial charge in [0, 0.05) is 55.2 Å². The number of benzene rings is 1. The van der Waals surface area contributed by atoms with Crippen LogP contribution >= 0.6 is 15.9 Å². The Morgan fingerprint density at radius 3 is 2.81 bits per heavy atom. The maximum Gasteiger partial charge on any atom is 0.194 e. The molecule has 1 saturated carbocycles. The molecule has 4 rings (SSSR count). The lowest BCUT2D eigenvalue weighted by atomic mass is 10.0. The van der Waals surface area contributed by atoms with Gasteiger partial charge in [0.25, 0.3) is 0 Å². The normalized spacial score (nSPS) is 25.6. The van der Waals surface area contributed by atoms with E-state index in [1.54, 1.807) is 0 Å². The molecule has 138 valence electrons. The number of nitrogens with one attached hydrogen (secondary N) is 1. The summed E-state index contributed by atoms with van der Waals surface area (Å²) in [5.41, 5.74) is 2.75. The van der Waals surface area contributed by atoms with E-state index in [0.29, 0.717) is 17.9 Å². The first kappa shape index (κ1) is 17.6. The second-order valence-corrected chi connectivity index (χ2v) is 8.24.